The highest BCUT2D eigenvalue weighted by molar-refractivity contribution is 6.05. The highest BCUT2D eigenvalue weighted by atomic mass is 16.5. The first-order valence-electron chi connectivity index (χ1n) is 11.7. The van der Waals surface area contributed by atoms with Gasteiger partial charge >= 0.3 is 5.97 Å². The van der Waals surface area contributed by atoms with Gasteiger partial charge in [0.15, 0.2) is 0 Å². The van der Waals surface area contributed by atoms with E-state index in [2.05, 4.69) is 9.80 Å². The number of carbonyl (C=O) groups is 3. The van der Waals surface area contributed by atoms with Crippen molar-refractivity contribution in [3.63, 3.8) is 0 Å². The zero-order valence-electron chi connectivity index (χ0n) is 19.0. The Bertz CT molecular complexity index is 829. The summed E-state index contributed by atoms with van der Waals surface area (Å²) in [6, 6.07) is 9.21. The first-order valence-corrected chi connectivity index (χ1v) is 11.7. The third-order valence-corrected chi connectivity index (χ3v) is 7.26. The molecule has 180 valence electrons. The van der Waals surface area contributed by atoms with Crippen molar-refractivity contribution in [3.8, 4) is 0 Å². The van der Waals surface area contributed by atoms with E-state index >= 15 is 0 Å². The number of aliphatic hydroxyl groups excluding tert-OH is 2. The van der Waals surface area contributed by atoms with Crippen LogP contribution in [0.4, 0.5) is 0 Å². The highest BCUT2D eigenvalue weighted by Crippen LogP contribution is 2.38. The lowest BCUT2D eigenvalue weighted by molar-refractivity contribution is -0.148. The van der Waals surface area contributed by atoms with Gasteiger partial charge in [-0.05, 0) is 31.4 Å². The minimum Gasteiger partial charge on any atom is -0.468 e. The zero-order valence-corrected chi connectivity index (χ0v) is 19.0. The fraction of sp³-hybridized carbons (Fsp3) is 0.625. The molecular weight excluding hydrogens is 426 g/mol. The average Bonchev–Trinajstić information content (AvgIpc) is 3.05. The van der Waals surface area contributed by atoms with Crippen molar-refractivity contribution >= 4 is 17.8 Å². The smallest absolute Gasteiger partial charge is 0.327 e. The minimum absolute atomic E-state index is 0.150. The molecule has 3 aliphatic rings. The summed E-state index contributed by atoms with van der Waals surface area (Å²) >= 11 is 0. The molecule has 2 aliphatic heterocycles. The van der Waals surface area contributed by atoms with E-state index in [4.69, 9.17) is 4.74 Å². The lowest BCUT2D eigenvalue weighted by atomic mass is 9.78. The molecule has 5 unspecified atom stereocenters. The van der Waals surface area contributed by atoms with Gasteiger partial charge < -0.3 is 19.8 Å². The maximum absolute atomic E-state index is 12.7. The number of hydrogen-bond donors (Lipinski definition) is 2. The largest absolute Gasteiger partial charge is 0.468 e. The molecule has 2 N–H and O–H groups in total. The summed E-state index contributed by atoms with van der Waals surface area (Å²) in [5.74, 6) is -1.72. The maximum atomic E-state index is 12.7. The van der Waals surface area contributed by atoms with Crippen LogP contribution in [-0.4, -0.2) is 101 Å². The van der Waals surface area contributed by atoms with Gasteiger partial charge in [0.2, 0.25) is 11.8 Å². The van der Waals surface area contributed by atoms with Crippen molar-refractivity contribution < 1.29 is 29.3 Å². The van der Waals surface area contributed by atoms with E-state index in [9.17, 15) is 24.6 Å². The van der Waals surface area contributed by atoms with E-state index in [1.807, 2.05) is 30.3 Å². The number of amides is 2. The van der Waals surface area contributed by atoms with Gasteiger partial charge in [0.1, 0.15) is 6.04 Å². The quantitative estimate of drug-likeness (QED) is 0.434. The van der Waals surface area contributed by atoms with Crippen molar-refractivity contribution in [3.05, 3.63) is 35.9 Å². The van der Waals surface area contributed by atoms with Crippen molar-refractivity contribution in [2.45, 2.75) is 37.5 Å². The van der Waals surface area contributed by atoms with E-state index < -0.39 is 30.1 Å². The number of methoxy groups -OCH3 is 1. The average molecular weight is 460 g/mol. The Labute approximate surface area is 193 Å². The Morgan fingerprint density at radius 2 is 1.55 bits per heavy atom. The van der Waals surface area contributed by atoms with Gasteiger partial charge in [-0.2, -0.15) is 0 Å². The molecular formula is C24H33N3O6. The summed E-state index contributed by atoms with van der Waals surface area (Å²) < 4.78 is 5.05. The van der Waals surface area contributed by atoms with E-state index in [1.54, 1.807) is 0 Å². The fourth-order valence-electron chi connectivity index (χ4n) is 5.38. The lowest BCUT2D eigenvalue weighted by Crippen LogP contribution is -2.49. The minimum atomic E-state index is -0.941. The molecule has 5 atom stereocenters. The number of nitrogens with zero attached hydrogens (tertiary/aromatic N) is 3. The van der Waals surface area contributed by atoms with Gasteiger partial charge in [0, 0.05) is 32.7 Å². The van der Waals surface area contributed by atoms with Gasteiger partial charge in [-0.25, -0.2) is 4.79 Å². The van der Waals surface area contributed by atoms with Crippen LogP contribution in [0.15, 0.2) is 30.3 Å². The number of fused-ring (bicyclic) bond motifs is 1. The molecule has 1 aromatic rings. The number of piperazine rings is 1. The van der Waals surface area contributed by atoms with Crippen molar-refractivity contribution in [2.24, 2.45) is 11.8 Å². The van der Waals surface area contributed by atoms with Gasteiger partial charge in [0.05, 0.1) is 31.2 Å². The standard InChI is InChI=1S/C24H33N3O6/c1-33-24(32)21(16-6-3-2-4-7-16)26-12-10-25(11-13-26)8-5-9-27-22(30)17-14-19(28)20(29)15-18(17)23(27)31/h2-4,6-7,17-21,28-29H,5,8-15H2,1H3. The van der Waals surface area contributed by atoms with Crippen LogP contribution in [0.3, 0.4) is 0 Å². The third kappa shape index (κ3) is 4.96. The van der Waals surface area contributed by atoms with Crippen molar-refractivity contribution in [2.75, 3.05) is 46.4 Å². The Morgan fingerprint density at radius 1 is 0.970 bits per heavy atom. The second-order valence-corrected chi connectivity index (χ2v) is 9.21. The number of esters is 1. The summed E-state index contributed by atoms with van der Waals surface area (Å²) in [5, 5.41) is 19.7. The van der Waals surface area contributed by atoms with Crippen LogP contribution in [-0.2, 0) is 19.1 Å². The zero-order chi connectivity index (χ0) is 23.5. The van der Waals surface area contributed by atoms with E-state index in [0.29, 0.717) is 13.0 Å². The predicted molar refractivity (Wildman–Crippen MR) is 119 cm³/mol. The molecule has 0 radical (unpaired) electrons. The van der Waals surface area contributed by atoms with E-state index in [-0.39, 0.29) is 30.6 Å². The van der Waals surface area contributed by atoms with Crippen molar-refractivity contribution in [1.29, 1.82) is 0 Å². The molecule has 0 spiro atoms. The molecule has 9 nitrogen and oxygen atoms in total. The normalized spacial score (nSPS) is 29.7. The number of hydrogen-bond acceptors (Lipinski definition) is 8. The Morgan fingerprint density at radius 3 is 2.09 bits per heavy atom. The van der Waals surface area contributed by atoms with Gasteiger partial charge in [-0.1, -0.05) is 30.3 Å². The molecule has 2 amide bonds. The molecule has 2 saturated heterocycles. The molecule has 3 fully saturated rings. The number of aliphatic hydroxyl groups is 2. The summed E-state index contributed by atoms with van der Waals surface area (Å²) in [5.41, 5.74) is 0.917. The summed E-state index contributed by atoms with van der Waals surface area (Å²) in [7, 11) is 1.41. The molecule has 1 saturated carbocycles. The second-order valence-electron chi connectivity index (χ2n) is 9.21. The molecule has 2 heterocycles. The molecule has 1 aliphatic carbocycles. The number of rotatable bonds is 7. The lowest BCUT2D eigenvalue weighted by Gasteiger charge is -2.38. The summed E-state index contributed by atoms with van der Waals surface area (Å²) in [6.07, 6.45) is -0.913. The summed E-state index contributed by atoms with van der Waals surface area (Å²) in [6.45, 7) is 4.11. The molecule has 4 rings (SSSR count). The number of carbonyl (C=O) groups excluding carboxylic acids is 3. The van der Waals surface area contributed by atoms with Crippen molar-refractivity contribution in [1.82, 2.24) is 14.7 Å². The van der Waals surface area contributed by atoms with Crippen LogP contribution in [0.25, 0.3) is 0 Å². The van der Waals surface area contributed by atoms with Crippen LogP contribution in [0, 0.1) is 11.8 Å². The van der Waals surface area contributed by atoms with E-state index in [0.717, 1.165) is 38.3 Å². The second kappa shape index (κ2) is 10.3. The third-order valence-electron chi connectivity index (χ3n) is 7.26. The number of imide groups is 1. The van der Waals surface area contributed by atoms with Crippen LogP contribution in [0.5, 0.6) is 0 Å². The Hall–Kier alpha value is -2.33. The van der Waals surface area contributed by atoms with E-state index in [1.165, 1.54) is 12.0 Å². The highest BCUT2D eigenvalue weighted by Gasteiger charge is 2.51. The summed E-state index contributed by atoms with van der Waals surface area (Å²) in [4.78, 5) is 43.5. The first-order chi connectivity index (χ1) is 15.9. The number of ether oxygens (including phenoxy) is 1. The molecule has 0 aromatic heterocycles. The SMILES string of the molecule is COC(=O)C(c1ccccc1)N1CCN(CCCN2C(=O)C3CC(O)C(O)CC3C2=O)CC1. The molecule has 33 heavy (non-hydrogen) atoms. The van der Waals surface area contributed by atoms with Crippen LogP contribution in [0.2, 0.25) is 0 Å². The Kier molecular flexibility index (Phi) is 7.43. The fourth-order valence-corrected chi connectivity index (χ4v) is 5.38. The Balaban J connectivity index is 1.26. The van der Waals surface area contributed by atoms with Gasteiger partial charge in [0.25, 0.3) is 0 Å². The van der Waals surface area contributed by atoms with Crippen LogP contribution >= 0.6 is 0 Å². The molecule has 1 aromatic carbocycles. The van der Waals surface area contributed by atoms with Crippen LogP contribution in [0.1, 0.15) is 30.9 Å². The predicted octanol–water partition coefficient (Wildman–Crippen LogP) is 0.0252. The van der Waals surface area contributed by atoms with Gasteiger partial charge in [-0.3, -0.25) is 19.4 Å². The molecule has 0 bridgehead atoms. The van der Waals surface area contributed by atoms with Crippen LogP contribution < -0.4 is 0 Å². The monoisotopic (exact) mass is 459 g/mol. The topological polar surface area (TPSA) is 111 Å². The van der Waals surface area contributed by atoms with Gasteiger partial charge in [-0.15, -0.1) is 0 Å². The molecule has 9 heteroatoms. The first kappa shape index (κ1) is 23.8. The number of benzene rings is 1. The maximum Gasteiger partial charge on any atom is 0.327 e. The number of likely N-dealkylation sites (tertiary alicyclic amines) is 1.